The van der Waals surface area contributed by atoms with Gasteiger partial charge in [0.2, 0.25) is 0 Å². The third-order valence-electron chi connectivity index (χ3n) is 4.73. The van der Waals surface area contributed by atoms with Gasteiger partial charge in [-0.2, -0.15) is 0 Å². The monoisotopic (exact) mass is 333 g/mol. The normalized spacial score (nSPS) is 16.7. The zero-order valence-corrected chi connectivity index (χ0v) is 15.5. The number of likely N-dealkylation sites (tertiary alicyclic amines) is 1. The van der Waals surface area contributed by atoms with Crippen molar-refractivity contribution < 1.29 is 9.47 Å². The van der Waals surface area contributed by atoms with Crippen molar-refractivity contribution in [1.82, 2.24) is 4.90 Å². The highest BCUT2D eigenvalue weighted by Crippen LogP contribution is 2.33. The number of nitrogens with zero attached hydrogens (tertiary/aromatic N) is 2. The van der Waals surface area contributed by atoms with Gasteiger partial charge in [-0.1, -0.05) is 32.8 Å². The van der Waals surface area contributed by atoms with Gasteiger partial charge in [0.15, 0.2) is 17.5 Å². The van der Waals surface area contributed by atoms with Gasteiger partial charge in [0.1, 0.15) is 0 Å². The number of hydrogen-bond acceptors (Lipinski definition) is 3. The molecule has 24 heavy (non-hydrogen) atoms. The minimum absolute atomic E-state index is 0.129. The topological polar surface area (TPSA) is 60.1 Å². The summed E-state index contributed by atoms with van der Waals surface area (Å²) in [6.07, 6.45) is 4.99. The molecule has 1 fully saturated rings. The predicted molar refractivity (Wildman–Crippen MR) is 99.1 cm³/mol. The fourth-order valence-electron chi connectivity index (χ4n) is 3.03. The maximum Gasteiger partial charge on any atom is 0.191 e. The maximum atomic E-state index is 6.24. The molecule has 0 unspecified atom stereocenters. The van der Waals surface area contributed by atoms with E-state index in [2.05, 4.69) is 29.8 Å². The maximum absolute atomic E-state index is 6.24. The molecule has 1 heterocycles. The van der Waals surface area contributed by atoms with Crippen molar-refractivity contribution in [1.29, 1.82) is 0 Å². The molecule has 5 heteroatoms. The minimum Gasteiger partial charge on any atom is -0.493 e. The van der Waals surface area contributed by atoms with Crippen molar-refractivity contribution in [2.45, 2.75) is 44.9 Å². The molecule has 1 aliphatic rings. The van der Waals surface area contributed by atoms with Gasteiger partial charge in [-0.05, 0) is 30.5 Å². The van der Waals surface area contributed by atoms with Crippen LogP contribution in [0.3, 0.4) is 0 Å². The van der Waals surface area contributed by atoms with Crippen LogP contribution in [0.2, 0.25) is 0 Å². The highest BCUT2D eigenvalue weighted by atomic mass is 16.5. The van der Waals surface area contributed by atoms with E-state index >= 15 is 0 Å². The third-order valence-corrected chi connectivity index (χ3v) is 4.73. The largest absolute Gasteiger partial charge is 0.493 e. The number of hydrogen-bond donors (Lipinski definition) is 1. The first-order valence-corrected chi connectivity index (χ1v) is 8.75. The van der Waals surface area contributed by atoms with Crippen molar-refractivity contribution in [3.05, 3.63) is 23.8 Å². The molecular weight excluding hydrogens is 302 g/mol. The third kappa shape index (κ3) is 4.56. The Balaban J connectivity index is 2.10. The van der Waals surface area contributed by atoms with Gasteiger partial charge < -0.3 is 20.1 Å². The Morgan fingerprint density at radius 2 is 1.71 bits per heavy atom. The van der Waals surface area contributed by atoms with Gasteiger partial charge in [0.25, 0.3) is 0 Å². The average Bonchev–Trinajstić information content (AvgIpc) is 2.88. The van der Waals surface area contributed by atoms with Gasteiger partial charge in [0.05, 0.1) is 20.8 Å². The smallest absolute Gasteiger partial charge is 0.191 e. The molecule has 0 bridgehead atoms. The fraction of sp³-hybridized carbons (Fsp3) is 0.632. The van der Waals surface area contributed by atoms with Crippen LogP contribution in [0.15, 0.2) is 23.2 Å². The van der Waals surface area contributed by atoms with Gasteiger partial charge in [-0.3, -0.25) is 4.99 Å². The van der Waals surface area contributed by atoms with E-state index < -0.39 is 0 Å². The Morgan fingerprint density at radius 3 is 2.29 bits per heavy atom. The Morgan fingerprint density at radius 1 is 1.08 bits per heavy atom. The lowest BCUT2D eigenvalue weighted by atomic mass is 9.84. The molecule has 0 atom stereocenters. The first-order chi connectivity index (χ1) is 11.5. The summed E-state index contributed by atoms with van der Waals surface area (Å²) >= 11 is 0. The van der Waals surface area contributed by atoms with Crippen molar-refractivity contribution in [2.24, 2.45) is 10.7 Å². The lowest BCUT2D eigenvalue weighted by Crippen LogP contribution is -2.39. The molecule has 0 spiro atoms. The summed E-state index contributed by atoms with van der Waals surface area (Å²) in [5.41, 5.74) is 7.27. The van der Waals surface area contributed by atoms with E-state index in [4.69, 9.17) is 15.2 Å². The van der Waals surface area contributed by atoms with Crippen LogP contribution >= 0.6 is 0 Å². The van der Waals surface area contributed by atoms with E-state index in [9.17, 15) is 0 Å². The minimum atomic E-state index is -0.129. The Bertz CT molecular complexity index is 562. The molecule has 1 aromatic rings. The number of ether oxygens (including phenoxy) is 2. The van der Waals surface area contributed by atoms with E-state index in [-0.39, 0.29) is 5.41 Å². The summed E-state index contributed by atoms with van der Waals surface area (Å²) < 4.78 is 10.7. The summed E-state index contributed by atoms with van der Waals surface area (Å²) in [7, 11) is 3.30. The Labute approximate surface area is 145 Å². The fourth-order valence-corrected chi connectivity index (χ4v) is 3.03. The molecule has 5 nitrogen and oxygen atoms in total. The molecule has 2 rings (SSSR count). The van der Waals surface area contributed by atoms with Crippen LogP contribution in [0, 0.1) is 0 Å². The predicted octanol–water partition coefficient (Wildman–Crippen LogP) is 3.17. The summed E-state index contributed by atoms with van der Waals surface area (Å²) in [6, 6.07) is 6.03. The second-order valence-corrected chi connectivity index (χ2v) is 7.03. The number of methoxy groups -OCH3 is 2. The standard InChI is InChI=1S/C19H31N3O2/c1-19(2,15-9-10-16(23-3)17(13-15)24-4)14-21-18(20)22-11-7-5-6-8-12-22/h9-10,13H,5-8,11-12,14H2,1-4H3,(H2,20,21). The zero-order valence-electron chi connectivity index (χ0n) is 15.5. The van der Waals surface area contributed by atoms with Crippen LogP contribution in [-0.4, -0.2) is 44.7 Å². The highest BCUT2D eigenvalue weighted by Gasteiger charge is 2.23. The lowest BCUT2D eigenvalue weighted by Gasteiger charge is -2.26. The second kappa shape index (κ2) is 8.27. The average molecular weight is 333 g/mol. The van der Waals surface area contributed by atoms with E-state index in [1.54, 1.807) is 14.2 Å². The second-order valence-electron chi connectivity index (χ2n) is 7.03. The van der Waals surface area contributed by atoms with Crippen molar-refractivity contribution in [3.63, 3.8) is 0 Å². The Kier molecular flexibility index (Phi) is 6.35. The van der Waals surface area contributed by atoms with Crippen LogP contribution < -0.4 is 15.2 Å². The van der Waals surface area contributed by atoms with E-state index in [0.717, 1.165) is 30.2 Å². The lowest BCUT2D eigenvalue weighted by molar-refractivity contribution is 0.353. The number of guanidine groups is 1. The van der Waals surface area contributed by atoms with Crippen LogP contribution in [-0.2, 0) is 5.41 Å². The van der Waals surface area contributed by atoms with Crippen LogP contribution in [0.1, 0.15) is 45.1 Å². The summed E-state index contributed by atoms with van der Waals surface area (Å²) in [6.45, 7) is 7.03. The quantitative estimate of drug-likeness (QED) is 0.664. The van der Waals surface area contributed by atoms with E-state index in [1.807, 2.05) is 12.1 Å². The number of aliphatic imine (C=N–C) groups is 1. The first kappa shape index (κ1) is 18.4. The summed E-state index contributed by atoms with van der Waals surface area (Å²) in [5.74, 6) is 2.16. The van der Waals surface area contributed by atoms with E-state index in [0.29, 0.717) is 12.5 Å². The molecule has 0 radical (unpaired) electrons. The van der Waals surface area contributed by atoms with Crippen LogP contribution in [0.25, 0.3) is 0 Å². The number of rotatable bonds is 5. The molecule has 0 saturated carbocycles. The van der Waals surface area contributed by atoms with Gasteiger partial charge in [-0.15, -0.1) is 0 Å². The van der Waals surface area contributed by atoms with E-state index in [1.165, 1.54) is 25.7 Å². The molecule has 2 N–H and O–H groups in total. The number of benzene rings is 1. The van der Waals surface area contributed by atoms with Gasteiger partial charge in [0, 0.05) is 18.5 Å². The molecule has 134 valence electrons. The van der Waals surface area contributed by atoms with Gasteiger partial charge in [-0.25, -0.2) is 0 Å². The molecule has 1 saturated heterocycles. The Hall–Kier alpha value is -1.91. The molecule has 1 aromatic carbocycles. The van der Waals surface area contributed by atoms with Crippen molar-refractivity contribution >= 4 is 5.96 Å². The number of nitrogens with two attached hydrogens (primary N) is 1. The first-order valence-electron chi connectivity index (χ1n) is 8.75. The zero-order chi connectivity index (χ0) is 17.6. The molecule has 0 aromatic heterocycles. The van der Waals surface area contributed by atoms with Crippen LogP contribution in [0.5, 0.6) is 11.5 Å². The molecular formula is C19H31N3O2. The summed E-state index contributed by atoms with van der Waals surface area (Å²) in [5, 5.41) is 0. The highest BCUT2D eigenvalue weighted by molar-refractivity contribution is 5.78. The molecule has 1 aliphatic heterocycles. The molecule has 0 aliphatic carbocycles. The molecule has 0 amide bonds. The van der Waals surface area contributed by atoms with Crippen LogP contribution in [0.4, 0.5) is 0 Å². The SMILES string of the molecule is COc1ccc(C(C)(C)CN=C(N)N2CCCCCC2)cc1OC. The summed E-state index contributed by atoms with van der Waals surface area (Å²) in [4.78, 5) is 6.90. The van der Waals surface area contributed by atoms with Crippen molar-refractivity contribution in [2.75, 3.05) is 33.9 Å². The van der Waals surface area contributed by atoms with Gasteiger partial charge >= 0.3 is 0 Å². The van der Waals surface area contributed by atoms with Crippen molar-refractivity contribution in [3.8, 4) is 11.5 Å².